The molecule has 390 valence electrons. The van der Waals surface area contributed by atoms with E-state index in [-0.39, 0.29) is 37.5 Å². The predicted octanol–water partition coefficient (Wildman–Crippen LogP) is 19.4. The van der Waals surface area contributed by atoms with Gasteiger partial charge in [0.2, 0.25) is 0 Å². The molecule has 0 rings (SSSR count). The first kappa shape index (κ1) is 64.4. The van der Waals surface area contributed by atoms with E-state index in [0.717, 1.165) is 64.2 Å². The molecule has 0 aliphatic rings. The van der Waals surface area contributed by atoms with Crippen LogP contribution >= 0.6 is 0 Å². The van der Waals surface area contributed by atoms with Crippen LogP contribution in [0.25, 0.3) is 0 Å². The van der Waals surface area contributed by atoms with Crippen LogP contribution in [0.2, 0.25) is 0 Å². The second-order valence-corrected chi connectivity index (χ2v) is 19.6. The summed E-state index contributed by atoms with van der Waals surface area (Å²) < 4.78 is 16.8. The molecule has 67 heavy (non-hydrogen) atoms. The fraction of sp³-hybridized carbons (Fsp3) is 0.820. The van der Waals surface area contributed by atoms with Crippen molar-refractivity contribution in [1.29, 1.82) is 0 Å². The van der Waals surface area contributed by atoms with E-state index < -0.39 is 6.10 Å². The zero-order valence-corrected chi connectivity index (χ0v) is 44.7. The predicted molar refractivity (Wildman–Crippen MR) is 289 cm³/mol. The van der Waals surface area contributed by atoms with Gasteiger partial charge in [0.1, 0.15) is 13.2 Å². The van der Waals surface area contributed by atoms with Gasteiger partial charge in [-0.25, -0.2) is 0 Å². The van der Waals surface area contributed by atoms with Crippen molar-refractivity contribution in [2.75, 3.05) is 13.2 Å². The minimum atomic E-state index is -0.792. The van der Waals surface area contributed by atoms with Crippen LogP contribution in [0.4, 0.5) is 0 Å². The average molecular weight is 940 g/mol. The van der Waals surface area contributed by atoms with Crippen molar-refractivity contribution in [3.63, 3.8) is 0 Å². The fourth-order valence-corrected chi connectivity index (χ4v) is 8.39. The summed E-state index contributed by atoms with van der Waals surface area (Å²) in [5, 5.41) is 0. The standard InChI is InChI=1S/C61H110O6/c1-4-7-10-13-16-19-22-25-28-29-30-31-34-36-39-42-45-48-51-54-60(63)66-57-58(67-61(64)55-52-49-46-43-40-37-33-27-24-21-18-15-12-9-6-3)56-65-59(62)53-50-47-44-41-38-35-32-26-23-20-17-14-11-8-5-2/h18,20-21,23,27,33,40,43,58H,4-17,19,22,24-26,28-32,34-39,41-42,44-57H2,1-3H3/b21-18-,23-20-,33-27-,43-40-/t58-/m1/s1. The van der Waals surface area contributed by atoms with Crippen LogP contribution in [0, 0.1) is 0 Å². The molecule has 0 unspecified atom stereocenters. The third kappa shape index (κ3) is 54.2. The second kappa shape index (κ2) is 56.0. The molecule has 0 spiro atoms. The Morgan fingerprint density at radius 3 is 0.925 bits per heavy atom. The summed E-state index contributed by atoms with van der Waals surface area (Å²) in [4.78, 5) is 38.1. The van der Waals surface area contributed by atoms with E-state index in [1.54, 1.807) is 0 Å². The average Bonchev–Trinajstić information content (AvgIpc) is 3.33. The molecule has 0 aliphatic carbocycles. The monoisotopic (exact) mass is 939 g/mol. The number of hydrogen-bond acceptors (Lipinski definition) is 6. The van der Waals surface area contributed by atoms with Crippen LogP contribution in [0.1, 0.15) is 303 Å². The number of carbonyl (C=O) groups excluding carboxylic acids is 3. The Morgan fingerprint density at radius 1 is 0.299 bits per heavy atom. The Morgan fingerprint density at radius 2 is 0.537 bits per heavy atom. The minimum Gasteiger partial charge on any atom is -0.462 e. The Kier molecular flexibility index (Phi) is 53.8. The fourth-order valence-electron chi connectivity index (χ4n) is 8.39. The number of unbranched alkanes of at least 4 members (excludes halogenated alkanes) is 34. The minimum absolute atomic E-state index is 0.0867. The Hall–Kier alpha value is -2.63. The molecule has 1 atom stereocenters. The molecule has 0 heterocycles. The van der Waals surface area contributed by atoms with Gasteiger partial charge in [0.15, 0.2) is 6.10 Å². The van der Waals surface area contributed by atoms with E-state index >= 15 is 0 Å². The lowest BCUT2D eigenvalue weighted by Gasteiger charge is -2.18. The van der Waals surface area contributed by atoms with Crippen LogP contribution in [0.3, 0.4) is 0 Å². The van der Waals surface area contributed by atoms with E-state index in [1.807, 2.05) is 0 Å². The van der Waals surface area contributed by atoms with E-state index in [1.165, 1.54) is 193 Å². The summed E-state index contributed by atoms with van der Waals surface area (Å²) in [5.74, 6) is -0.915. The van der Waals surface area contributed by atoms with Gasteiger partial charge in [-0.05, 0) is 83.5 Å². The number of esters is 3. The molecule has 0 amide bonds. The molecule has 0 N–H and O–H groups in total. The first-order valence-electron chi connectivity index (χ1n) is 29.1. The lowest BCUT2D eigenvalue weighted by Crippen LogP contribution is -2.30. The first-order valence-corrected chi connectivity index (χ1v) is 29.1. The number of rotatable bonds is 53. The Bertz CT molecular complexity index is 1170. The van der Waals surface area contributed by atoms with Crippen molar-refractivity contribution in [3.05, 3.63) is 48.6 Å². The summed E-state index contributed by atoms with van der Waals surface area (Å²) in [6, 6.07) is 0. The summed E-state index contributed by atoms with van der Waals surface area (Å²) in [7, 11) is 0. The maximum absolute atomic E-state index is 12.8. The highest BCUT2D eigenvalue weighted by molar-refractivity contribution is 5.71. The van der Waals surface area contributed by atoms with E-state index in [4.69, 9.17) is 14.2 Å². The zero-order chi connectivity index (χ0) is 48.6. The van der Waals surface area contributed by atoms with Gasteiger partial charge in [0.05, 0.1) is 0 Å². The highest BCUT2D eigenvalue weighted by atomic mass is 16.6. The van der Waals surface area contributed by atoms with Crippen LogP contribution < -0.4 is 0 Å². The van der Waals surface area contributed by atoms with Crippen molar-refractivity contribution in [3.8, 4) is 0 Å². The molecule has 0 saturated heterocycles. The van der Waals surface area contributed by atoms with Gasteiger partial charge < -0.3 is 14.2 Å². The highest BCUT2D eigenvalue weighted by Gasteiger charge is 2.19. The highest BCUT2D eigenvalue weighted by Crippen LogP contribution is 2.16. The molecule has 6 nitrogen and oxygen atoms in total. The summed E-state index contributed by atoms with van der Waals surface area (Å²) in [5.41, 5.74) is 0. The van der Waals surface area contributed by atoms with Gasteiger partial charge in [-0.1, -0.05) is 249 Å². The number of hydrogen-bond donors (Lipinski definition) is 0. The van der Waals surface area contributed by atoms with Gasteiger partial charge in [-0.15, -0.1) is 0 Å². The van der Waals surface area contributed by atoms with Gasteiger partial charge in [-0.3, -0.25) is 14.4 Å². The van der Waals surface area contributed by atoms with Crippen LogP contribution in [-0.2, 0) is 28.6 Å². The quantitative estimate of drug-likeness (QED) is 0.0262. The Labute approximate surface area is 416 Å². The lowest BCUT2D eigenvalue weighted by molar-refractivity contribution is -0.167. The molecule has 0 radical (unpaired) electrons. The summed E-state index contributed by atoms with van der Waals surface area (Å²) in [6.45, 7) is 6.60. The molecule has 0 aromatic rings. The molecular formula is C61H110O6. The molecule has 0 bridgehead atoms. The van der Waals surface area contributed by atoms with Crippen molar-refractivity contribution in [2.24, 2.45) is 0 Å². The second-order valence-electron chi connectivity index (χ2n) is 19.6. The smallest absolute Gasteiger partial charge is 0.306 e. The molecule has 0 aromatic carbocycles. The summed E-state index contributed by atoms with van der Waals surface area (Å²) >= 11 is 0. The molecule has 0 fully saturated rings. The Balaban J connectivity index is 4.38. The zero-order valence-electron chi connectivity index (χ0n) is 44.7. The summed E-state index contributed by atoms with van der Waals surface area (Å²) in [6.07, 6.45) is 68.2. The van der Waals surface area contributed by atoms with Gasteiger partial charge in [-0.2, -0.15) is 0 Å². The van der Waals surface area contributed by atoms with Crippen molar-refractivity contribution in [1.82, 2.24) is 0 Å². The topological polar surface area (TPSA) is 78.9 Å². The number of allylic oxidation sites excluding steroid dienone is 8. The molecular weight excluding hydrogens is 829 g/mol. The number of carbonyl (C=O) groups is 3. The van der Waals surface area contributed by atoms with E-state index in [9.17, 15) is 14.4 Å². The van der Waals surface area contributed by atoms with Crippen molar-refractivity contribution in [2.45, 2.75) is 309 Å². The van der Waals surface area contributed by atoms with Gasteiger partial charge >= 0.3 is 17.9 Å². The molecule has 0 aliphatic heterocycles. The van der Waals surface area contributed by atoms with E-state index in [2.05, 4.69) is 69.4 Å². The third-order valence-electron chi connectivity index (χ3n) is 12.8. The SMILES string of the molecule is CCCCC/C=C\C/C=C\C/C=C\CCCCC(=O)O[C@H](COC(=O)CCCCCCCCC/C=C\CCCCCC)COC(=O)CCCCCCCCCCCCCCCCCCCCC. The molecule has 6 heteroatoms. The van der Waals surface area contributed by atoms with Gasteiger partial charge in [0.25, 0.3) is 0 Å². The first-order chi connectivity index (χ1) is 33.0. The maximum Gasteiger partial charge on any atom is 0.306 e. The van der Waals surface area contributed by atoms with Gasteiger partial charge in [0, 0.05) is 19.3 Å². The maximum atomic E-state index is 12.8. The molecule has 0 aromatic heterocycles. The van der Waals surface area contributed by atoms with Crippen LogP contribution in [0.5, 0.6) is 0 Å². The molecule has 0 saturated carbocycles. The van der Waals surface area contributed by atoms with Crippen molar-refractivity contribution >= 4 is 17.9 Å². The normalized spacial score (nSPS) is 12.3. The van der Waals surface area contributed by atoms with Crippen LogP contribution in [-0.4, -0.2) is 37.2 Å². The van der Waals surface area contributed by atoms with Crippen molar-refractivity contribution < 1.29 is 28.6 Å². The van der Waals surface area contributed by atoms with Crippen LogP contribution in [0.15, 0.2) is 48.6 Å². The van der Waals surface area contributed by atoms with E-state index in [0.29, 0.717) is 19.3 Å². The largest absolute Gasteiger partial charge is 0.462 e. The third-order valence-corrected chi connectivity index (χ3v) is 12.8. The lowest BCUT2D eigenvalue weighted by atomic mass is 10.0. The number of ether oxygens (including phenoxy) is 3.